The van der Waals surface area contributed by atoms with Gasteiger partial charge in [-0.15, -0.1) is 0 Å². The van der Waals surface area contributed by atoms with Gasteiger partial charge in [-0.1, -0.05) is 0 Å². The molecular formula is C11H12FNO. The van der Waals surface area contributed by atoms with Gasteiger partial charge in [0.2, 0.25) is 0 Å². The SMILES string of the molecule is Fc1ccc2c(c1)C1(CCNC1)CO2. The molecule has 2 heterocycles. The second kappa shape index (κ2) is 2.70. The van der Waals surface area contributed by atoms with Crippen LogP contribution in [-0.4, -0.2) is 19.7 Å². The number of nitrogens with one attached hydrogen (secondary N) is 1. The Hall–Kier alpha value is -1.09. The van der Waals surface area contributed by atoms with E-state index in [1.807, 2.05) is 0 Å². The number of hydrogen-bond donors (Lipinski definition) is 1. The Morgan fingerprint density at radius 3 is 3.14 bits per heavy atom. The van der Waals surface area contributed by atoms with E-state index in [4.69, 9.17) is 4.74 Å². The molecule has 1 N–H and O–H groups in total. The molecule has 0 aliphatic carbocycles. The van der Waals surface area contributed by atoms with Gasteiger partial charge < -0.3 is 10.1 Å². The predicted molar refractivity (Wildman–Crippen MR) is 51.1 cm³/mol. The monoisotopic (exact) mass is 193 g/mol. The van der Waals surface area contributed by atoms with Crippen LogP contribution in [0.15, 0.2) is 18.2 Å². The zero-order valence-corrected chi connectivity index (χ0v) is 7.85. The average molecular weight is 193 g/mol. The molecule has 3 rings (SSSR count). The molecule has 1 atom stereocenters. The van der Waals surface area contributed by atoms with Crippen LogP contribution in [-0.2, 0) is 5.41 Å². The van der Waals surface area contributed by atoms with E-state index in [0.29, 0.717) is 6.61 Å². The molecule has 0 amide bonds. The van der Waals surface area contributed by atoms with E-state index in [2.05, 4.69) is 5.32 Å². The highest BCUT2D eigenvalue weighted by atomic mass is 19.1. The van der Waals surface area contributed by atoms with Crippen molar-refractivity contribution in [3.05, 3.63) is 29.6 Å². The first-order valence-corrected chi connectivity index (χ1v) is 4.94. The van der Waals surface area contributed by atoms with E-state index >= 15 is 0 Å². The smallest absolute Gasteiger partial charge is 0.123 e. The molecule has 0 bridgehead atoms. The van der Waals surface area contributed by atoms with Crippen LogP contribution in [0.3, 0.4) is 0 Å². The Bertz CT molecular complexity index is 372. The summed E-state index contributed by atoms with van der Waals surface area (Å²) in [5.41, 5.74) is 1.08. The highest BCUT2D eigenvalue weighted by Crippen LogP contribution is 2.42. The predicted octanol–water partition coefficient (Wildman–Crippen LogP) is 1.45. The van der Waals surface area contributed by atoms with Gasteiger partial charge in [-0.25, -0.2) is 4.39 Å². The summed E-state index contributed by atoms with van der Waals surface area (Å²) in [7, 11) is 0. The minimum absolute atomic E-state index is 0.0391. The maximum absolute atomic E-state index is 13.1. The van der Waals surface area contributed by atoms with Crippen molar-refractivity contribution in [3.63, 3.8) is 0 Å². The highest BCUT2D eigenvalue weighted by Gasteiger charge is 2.43. The van der Waals surface area contributed by atoms with Gasteiger partial charge >= 0.3 is 0 Å². The fourth-order valence-corrected chi connectivity index (χ4v) is 2.43. The molecule has 1 aromatic carbocycles. The van der Waals surface area contributed by atoms with Crippen molar-refractivity contribution in [3.8, 4) is 5.75 Å². The summed E-state index contributed by atoms with van der Waals surface area (Å²) in [5.74, 6) is 0.690. The van der Waals surface area contributed by atoms with Crippen LogP contribution in [0, 0.1) is 5.82 Å². The molecule has 2 aliphatic heterocycles. The first-order chi connectivity index (χ1) is 6.80. The number of fused-ring (bicyclic) bond motifs is 2. The fourth-order valence-electron chi connectivity index (χ4n) is 2.43. The maximum atomic E-state index is 13.1. The second-order valence-corrected chi connectivity index (χ2v) is 4.14. The molecule has 14 heavy (non-hydrogen) atoms. The lowest BCUT2D eigenvalue weighted by atomic mass is 9.82. The molecule has 1 saturated heterocycles. The van der Waals surface area contributed by atoms with Crippen molar-refractivity contribution in [1.82, 2.24) is 5.32 Å². The van der Waals surface area contributed by atoms with Crippen LogP contribution in [0.2, 0.25) is 0 Å². The largest absolute Gasteiger partial charge is 0.492 e. The van der Waals surface area contributed by atoms with Crippen molar-refractivity contribution in [2.45, 2.75) is 11.8 Å². The molecule has 1 unspecified atom stereocenters. The van der Waals surface area contributed by atoms with Crippen molar-refractivity contribution in [2.24, 2.45) is 0 Å². The van der Waals surface area contributed by atoms with Gasteiger partial charge in [-0.2, -0.15) is 0 Å². The van der Waals surface area contributed by atoms with Crippen LogP contribution < -0.4 is 10.1 Å². The van der Waals surface area contributed by atoms with Gasteiger partial charge in [0.05, 0.1) is 6.61 Å². The fraction of sp³-hybridized carbons (Fsp3) is 0.455. The summed E-state index contributed by atoms with van der Waals surface area (Å²) >= 11 is 0. The van der Waals surface area contributed by atoms with Crippen molar-refractivity contribution in [2.75, 3.05) is 19.7 Å². The molecule has 1 spiro atoms. The molecular weight excluding hydrogens is 181 g/mol. The molecule has 0 radical (unpaired) electrons. The third kappa shape index (κ3) is 0.989. The van der Waals surface area contributed by atoms with E-state index in [0.717, 1.165) is 30.8 Å². The van der Waals surface area contributed by atoms with Crippen molar-refractivity contribution < 1.29 is 9.13 Å². The van der Waals surface area contributed by atoms with Crippen LogP contribution in [0.1, 0.15) is 12.0 Å². The number of halogens is 1. The Balaban J connectivity index is 2.12. The van der Waals surface area contributed by atoms with Crippen LogP contribution in [0.5, 0.6) is 5.75 Å². The number of hydrogen-bond acceptors (Lipinski definition) is 2. The molecule has 3 heteroatoms. The Labute approximate surface area is 82.1 Å². The number of benzene rings is 1. The molecule has 2 nitrogen and oxygen atoms in total. The summed E-state index contributed by atoms with van der Waals surface area (Å²) in [6.45, 7) is 2.60. The summed E-state index contributed by atoms with van der Waals surface area (Å²) < 4.78 is 18.7. The Morgan fingerprint density at radius 1 is 1.43 bits per heavy atom. The van der Waals surface area contributed by atoms with Gasteiger partial charge in [-0.3, -0.25) is 0 Å². The van der Waals surface area contributed by atoms with Gasteiger partial charge in [0.1, 0.15) is 11.6 Å². The van der Waals surface area contributed by atoms with Crippen molar-refractivity contribution >= 4 is 0 Å². The summed E-state index contributed by atoms with van der Waals surface area (Å²) in [4.78, 5) is 0. The molecule has 74 valence electrons. The minimum Gasteiger partial charge on any atom is -0.492 e. The van der Waals surface area contributed by atoms with Gasteiger partial charge in [0, 0.05) is 17.5 Å². The maximum Gasteiger partial charge on any atom is 0.123 e. The number of ether oxygens (including phenoxy) is 1. The first kappa shape index (κ1) is 8.24. The van der Waals surface area contributed by atoms with Crippen LogP contribution in [0.4, 0.5) is 4.39 Å². The Kier molecular flexibility index (Phi) is 1.59. The quantitative estimate of drug-likeness (QED) is 0.673. The third-order valence-corrected chi connectivity index (χ3v) is 3.26. The first-order valence-electron chi connectivity index (χ1n) is 4.94. The van der Waals surface area contributed by atoms with Gasteiger partial charge in [-0.05, 0) is 31.2 Å². The lowest BCUT2D eigenvalue weighted by molar-refractivity contribution is 0.277. The molecule has 1 fully saturated rings. The molecule has 2 aliphatic rings. The van der Waals surface area contributed by atoms with Gasteiger partial charge in [0.15, 0.2) is 0 Å². The number of rotatable bonds is 0. The Morgan fingerprint density at radius 2 is 2.36 bits per heavy atom. The lowest BCUT2D eigenvalue weighted by Crippen LogP contribution is -2.30. The topological polar surface area (TPSA) is 21.3 Å². The zero-order valence-electron chi connectivity index (χ0n) is 7.85. The summed E-state index contributed by atoms with van der Waals surface area (Å²) in [6, 6.07) is 4.81. The average Bonchev–Trinajstić information content (AvgIpc) is 2.77. The molecule has 0 aromatic heterocycles. The second-order valence-electron chi connectivity index (χ2n) is 4.14. The van der Waals surface area contributed by atoms with Crippen LogP contribution in [0.25, 0.3) is 0 Å². The molecule has 0 saturated carbocycles. The van der Waals surface area contributed by atoms with Gasteiger partial charge in [0.25, 0.3) is 0 Å². The minimum atomic E-state index is -0.166. The van der Waals surface area contributed by atoms with E-state index < -0.39 is 0 Å². The normalized spacial score (nSPS) is 29.2. The van der Waals surface area contributed by atoms with E-state index in [1.54, 1.807) is 12.1 Å². The summed E-state index contributed by atoms with van der Waals surface area (Å²) in [6.07, 6.45) is 1.05. The highest BCUT2D eigenvalue weighted by molar-refractivity contribution is 5.45. The van der Waals surface area contributed by atoms with E-state index in [9.17, 15) is 4.39 Å². The van der Waals surface area contributed by atoms with E-state index in [-0.39, 0.29) is 11.2 Å². The van der Waals surface area contributed by atoms with E-state index in [1.165, 1.54) is 6.07 Å². The standard InChI is InChI=1S/C11H12FNO/c12-8-1-2-10-9(5-8)11(7-14-10)3-4-13-6-11/h1-2,5,13H,3-4,6-7H2. The zero-order chi connectivity index (χ0) is 9.60. The lowest BCUT2D eigenvalue weighted by Gasteiger charge is -2.19. The summed E-state index contributed by atoms with van der Waals surface area (Å²) in [5, 5.41) is 3.31. The van der Waals surface area contributed by atoms with Crippen molar-refractivity contribution in [1.29, 1.82) is 0 Å². The van der Waals surface area contributed by atoms with Crippen LogP contribution >= 0.6 is 0 Å². The molecule has 1 aromatic rings. The third-order valence-electron chi connectivity index (χ3n) is 3.26.